The Morgan fingerprint density at radius 1 is 1.05 bits per heavy atom. The van der Waals surface area contributed by atoms with E-state index in [4.69, 9.17) is 9.47 Å². The predicted octanol–water partition coefficient (Wildman–Crippen LogP) is 5.01. The van der Waals surface area contributed by atoms with Crippen molar-refractivity contribution >= 4 is 18.2 Å². The highest BCUT2D eigenvalue weighted by Crippen LogP contribution is 2.76. The lowest BCUT2D eigenvalue weighted by atomic mass is 9.32. The van der Waals surface area contributed by atoms with Gasteiger partial charge in [-0.1, -0.05) is 39.3 Å². The fraction of sp³-hybridized carbons (Fsp3) is 0.848. The van der Waals surface area contributed by atoms with E-state index in [1.54, 1.807) is 0 Å². The molecule has 0 bridgehead atoms. The third-order valence-electron chi connectivity index (χ3n) is 13.8. The van der Waals surface area contributed by atoms with Crippen LogP contribution >= 0.6 is 0 Å². The van der Waals surface area contributed by atoms with E-state index in [-0.39, 0.29) is 45.9 Å². The Hall–Kier alpha value is -1.73. The highest BCUT2D eigenvalue weighted by atomic mass is 16.5. The van der Waals surface area contributed by atoms with Crippen molar-refractivity contribution in [2.45, 2.75) is 118 Å². The van der Waals surface area contributed by atoms with Crippen LogP contribution in [0.3, 0.4) is 0 Å². The van der Waals surface area contributed by atoms with Gasteiger partial charge in [-0.25, -0.2) is 0 Å². The Morgan fingerprint density at radius 3 is 2.33 bits per heavy atom. The molecule has 4 saturated carbocycles. The molecule has 0 saturated heterocycles. The van der Waals surface area contributed by atoms with E-state index in [1.807, 2.05) is 13.8 Å². The number of hydrogen-bond acceptors (Lipinski definition) is 7. The van der Waals surface area contributed by atoms with E-state index >= 15 is 0 Å². The van der Waals surface area contributed by atoms with Crippen LogP contribution in [0.25, 0.3) is 0 Å². The number of allylic oxidation sites excluding steroid dienone is 1. The molecule has 12 atom stereocenters. The first-order valence-electron chi connectivity index (χ1n) is 15.3. The van der Waals surface area contributed by atoms with Gasteiger partial charge >= 0.3 is 11.9 Å². The molecule has 0 aromatic rings. The van der Waals surface area contributed by atoms with Crippen molar-refractivity contribution in [2.75, 3.05) is 7.11 Å². The van der Waals surface area contributed by atoms with Gasteiger partial charge in [-0.2, -0.15) is 0 Å². The Labute approximate surface area is 239 Å². The number of esters is 2. The molecule has 5 rings (SSSR count). The first-order chi connectivity index (χ1) is 18.5. The average Bonchev–Trinajstić information content (AvgIpc) is 2.87. The van der Waals surface area contributed by atoms with E-state index in [2.05, 4.69) is 33.8 Å². The number of aldehydes is 1. The summed E-state index contributed by atoms with van der Waals surface area (Å²) in [5.41, 5.74) is -2.68. The summed E-state index contributed by atoms with van der Waals surface area (Å²) < 4.78 is 11.1. The zero-order valence-electron chi connectivity index (χ0n) is 25.7. The lowest BCUT2D eigenvalue weighted by Crippen LogP contribution is -2.70. The number of aliphatic hydroxyl groups excluding tert-OH is 1. The molecule has 0 radical (unpaired) electrons. The third kappa shape index (κ3) is 3.52. The Bertz CT molecular complexity index is 1130. The van der Waals surface area contributed by atoms with Crippen molar-refractivity contribution < 1.29 is 34.1 Å². The summed E-state index contributed by atoms with van der Waals surface area (Å²) in [5.74, 6) is -1.11. The summed E-state index contributed by atoms with van der Waals surface area (Å²) >= 11 is 0. The van der Waals surface area contributed by atoms with Crippen molar-refractivity contribution in [3.8, 4) is 0 Å². The minimum absolute atomic E-state index is 0.0350. The van der Waals surface area contributed by atoms with Gasteiger partial charge in [-0.15, -0.1) is 0 Å². The summed E-state index contributed by atoms with van der Waals surface area (Å²) in [4.78, 5) is 38.2. The standard InChI is InChI=1S/C33H50O7/c1-19-11-14-33(27(37)39-8)16-15-30(5)21(25(33)32(19,7)38)9-10-23-28(3)13-12-24(40-20(2)35)29(4,18-34)26(28)22(36)17-31(23,30)6/h9,18-19,22-26,36,38H,10-17H2,1-8H3/t19-,22-,23-,24+,25-,26-,28-,29-,30-,31-,32-,33+/m1/s1. The first-order valence-corrected chi connectivity index (χ1v) is 15.3. The van der Waals surface area contributed by atoms with Crippen molar-refractivity contribution in [2.24, 2.45) is 50.7 Å². The smallest absolute Gasteiger partial charge is 0.312 e. The molecule has 7 heteroatoms. The fourth-order valence-electron chi connectivity index (χ4n) is 11.5. The molecule has 2 N–H and O–H groups in total. The Morgan fingerprint density at radius 2 is 1.73 bits per heavy atom. The molecular formula is C33H50O7. The van der Waals surface area contributed by atoms with Gasteiger partial charge in [0.2, 0.25) is 0 Å². The lowest BCUT2D eigenvalue weighted by Gasteiger charge is -2.72. The minimum atomic E-state index is -1.07. The van der Waals surface area contributed by atoms with Crippen LogP contribution in [-0.4, -0.2) is 53.4 Å². The molecule has 0 unspecified atom stereocenters. The summed E-state index contributed by atoms with van der Waals surface area (Å²) in [5, 5.41) is 24.1. The maximum Gasteiger partial charge on any atom is 0.312 e. The molecule has 0 aromatic heterocycles. The van der Waals surface area contributed by atoms with Crippen molar-refractivity contribution in [1.29, 1.82) is 0 Å². The van der Waals surface area contributed by atoms with Crippen LogP contribution in [0.5, 0.6) is 0 Å². The van der Waals surface area contributed by atoms with E-state index in [1.165, 1.54) is 14.0 Å². The lowest BCUT2D eigenvalue weighted by molar-refractivity contribution is -0.246. The van der Waals surface area contributed by atoms with Crippen LogP contribution in [0, 0.1) is 50.7 Å². The second-order valence-corrected chi connectivity index (χ2v) is 15.3. The summed E-state index contributed by atoms with van der Waals surface area (Å²) in [6.45, 7) is 14.0. The molecule has 0 heterocycles. The van der Waals surface area contributed by atoms with Crippen molar-refractivity contribution in [1.82, 2.24) is 0 Å². The molecule has 0 aliphatic heterocycles. The van der Waals surface area contributed by atoms with Crippen LogP contribution in [0.4, 0.5) is 0 Å². The second kappa shape index (κ2) is 9.13. The van der Waals surface area contributed by atoms with Crippen LogP contribution < -0.4 is 0 Å². The number of hydrogen-bond donors (Lipinski definition) is 2. The second-order valence-electron chi connectivity index (χ2n) is 15.3. The van der Waals surface area contributed by atoms with Gasteiger partial charge in [0.05, 0.1) is 29.6 Å². The number of methoxy groups -OCH3 is 1. The molecule has 4 fully saturated rings. The Kier molecular flexibility index (Phi) is 6.79. The van der Waals surface area contributed by atoms with Crippen LogP contribution in [0.15, 0.2) is 11.6 Å². The number of carbonyl (C=O) groups is 3. The largest absolute Gasteiger partial charge is 0.469 e. The van der Waals surface area contributed by atoms with E-state index in [9.17, 15) is 24.6 Å². The van der Waals surface area contributed by atoms with Crippen LogP contribution in [-0.2, 0) is 23.9 Å². The summed E-state index contributed by atoms with van der Waals surface area (Å²) in [6.07, 6.45) is 7.41. The normalized spacial score (nSPS) is 53.5. The topological polar surface area (TPSA) is 110 Å². The quantitative estimate of drug-likeness (QED) is 0.285. The fourth-order valence-corrected chi connectivity index (χ4v) is 11.5. The van der Waals surface area contributed by atoms with Gasteiger partial charge in [0.25, 0.3) is 0 Å². The number of rotatable bonds is 3. The average molecular weight is 559 g/mol. The van der Waals surface area contributed by atoms with E-state index in [0.717, 1.165) is 37.5 Å². The molecule has 5 aliphatic carbocycles. The zero-order valence-corrected chi connectivity index (χ0v) is 25.7. The van der Waals surface area contributed by atoms with Gasteiger partial charge in [-0.3, -0.25) is 9.59 Å². The van der Waals surface area contributed by atoms with Gasteiger partial charge < -0.3 is 24.5 Å². The maximum absolute atomic E-state index is 13.5. The van der Waals surface area contributed by atoms with Crippen LogP contribution in [0.2, 0.25) is 0 Å². The van der Waals surface area contributed by atoms with Crippen molar-refractivity contribution in [3.63, 3.8) is 0 Å². The number of aliphatic hydroxyl groups is 2. The predicted molar refractivity (Wildman–Crippen MR) is 150 cm³/mol. The molecule has 0 spiro atoms. The Balaban J connectivity index is 1.64. The zero-order chi connectivity index (χ0) is 29.7. The third-order valence-corrected chi connectivity index (χ3v) is 13.8. The monoisotopic (exact) mass is 558 g/mol. The molecular weight excluding hydrogens is 508 g/mol. The molecule has 224 valence electrons. The van der Waals surface area contributed by atoms with E-state index in [0.29, 0.717) is 25.7 Å². The van der Waals surface area contributed by atoms with E-state index < -0.39 is 34.6 Å². The summed E-state index contributed by atoms with van der Waals surface area (Å²) in [7, 11) is 1.45. The molecule has 40 heavy (non-hydrogen) atoms. The molecule has 0 aromatic carbocycles. The minimum Gasteiger partial charge on any atom is -0.469 e. The van der Waals surface area contributed by atoms with Gasteiger partial charge in [-0.05, 0) is 93.3 Å². The van der Waals surface area contributed by atoms with Crippen molar-refractivity contribution in [3.05, 3.63) is 11.6 Å². The number of carbonyl (C=O) groups excluding carboxylic acids is 3. The number of ether oxygens (including phenoxy) is 2. The van der Waals surface area contributed by atoms with Gasteiger partial charge in [0.15, 0.2) is 0 Å². The summed E-state index contributed by atoms with van der Waals surface area (Å²) in [6, 6.07) is 0. The molecule has 5 aliphatic rings. The maximum atomic E-state index is 13.5. The first kappa shape index (κ1) is 29.8. The number of fused-ring (bicyclic) bond motifs is 7. The van der Waals surface area contributed by atoms with Gasteiger partial charge in [0.1, 0.15) is 12.4 Å². The van der Waals surface area contributed by atoms with Crippen LogP contribution in [0.1, 0.15) is 99.8 Å². The SMILES string of the molecule is COC(=O)[C@]12CC[C@@H](C)[C@@](C)(O)[C@H]1C1=CC[C@@H]3[C@@]4(C)CC[C@H](OC(C)=O)[C@@](C)(C=O)[C@@H]4[C@H](O)C[C@@]3(C)[C@]1(C)CC2. The highest BCUT2D eigenvalue weighted by molar-refractivity contribution is 5.79. The van der Waals surface area contributed by atoms with Gasteiger partial charge in [0, 0.05) is 18.8 Å². The molecule has 7 nitrogen and oxygen atoms in total. The molecule has 0 amide bonds. The highest BCUT2D eigenvalue weighted by Gasteiger charge is 2.73.